The second-order valence-electron chi connectivity index (χ2n) is 7.05. The van der Waals surface area contributed by atoms with E-state index >= 15 is 0 Å². The Labute approximate surface area is 167 Å². The van der Waals surface area contributed by atoms with Crippen LogP contribution in [-0.2, 0) is 22.1 Å². The molecule has 0 saturated heterocycles. The number of rotatable bonds is 4. The van der Waals surface area contributed by atoms with Gasteiger partial charge in [-0.3, -0.25) is 4.79 Å². The van der Waals surface area contributed by atoms with E-state index in [0.717, 1.165) is 0 Å². The van der Waals surface area contributed by atoms with Crippen LogP contribution in [0.4, 0.5) is 43.9 Å². The highest BCUT2D eigenvalue weighted by Crippen LogP contribution is 2.56. The molecule has 30 heavy (non-hydrogen) atoms. The summed E-state index contributed by atoms with van der Waals surface area (Å²) in [4.78, 5) is 11.9. The van der Waals surface area contributed by atoms with Gasteiger partial charge in [0.2, 0.25) is 0 Å². The summed E-state index contributed by atoms with van der Waals surface area (Å²) in [6.07, 6.45) is -12.8. The summed E-state index contributed by atoms with van der Waals surface area (Å²) in [5.41, 5.74) is -5.51. The fourth-order valence-electron chi connectivity index (χ4n) is 2.82. The van der Waals surface area contributed by atoms with Gasteiger partial charge in [0, 0.05) is 16.9 Å². The molecule has 0 bridgehead atoms. The molecule has 1 aliphatic rings. The maximum Gasteiger partial charge on any atom is 0.426 e. The number of carbonyl (C=O) groups excluding carboxylic acids is 1. The monoisotopic (exact) mass is 472 g/mol. The average Bonchev–Trinajstić information content (AvgIpc) is 3.06. The van der Waals surface area contributed by atoms with Crippen LogP contribution in [0.5, 0.6) is 0 Å². The minimum atomic E-state index is -5.75. The van der Waals surface area contributed by atoms with Crippen molar-refractivity contribution in [3.63, 3.8) is 0 Å². The molecule has 0 spiro atoms. The van der Waals surface area contributed by atoms with Crippen molar-refractivity contribution < 1.29 is 53.4 Å². The van der Waals surface area contributed by atoms with E-state index in [9.17, 15) is 48.7 Å². The van der Waals surface area contributed by atoms with Gasteiger partial charge in [0.15, 0.2) is 23.3 Å². The summed E-state index contributed by atoms with van der Waals surface area (Å²) in [5, 5.41) is -1.50. The van der Waals surface area contributed by atoms with Crippen molar-refractivity contribution in [2.24, 2.45) is 11.3 Å². The number of hydrogen-bond acceptors (Lipinski definition) is 2. The second kappa shape index (κ2) is 7.61. The standard InChI is InChI=1S/C17H11ClF10O2/c1-15(2)6(4-7(18)16(23,24)25)14(15)30-8(29)3-5-10(19)12(21)9(17(26,27)28)13(22)11(5)20/h4,6,14H,3H2,1-2H3. The lowest BCUT2D eigenvalue weighted by Crippen LogP contribution is -2.20. The summed E-state index contributed by atoms with van der Waals surface area (Å²) >= 11 is 5.10. The first-order valence-corrected chi connectivity index (χ1v) is 8.34. The largest absolute Gasteiger partial charge is 0.461 e. The predicted octanol–water partition coefficient (Wildman–Crippen LogP) is 6.06. The molecule has 1 aliphatic carbocycles. The molecule has 2 rings (SSSR count). The lowest BCUT2D eigenvalue weighted by Gasteiger charge is -2.14. The van der Waals surface area contributed by atoms with Gasteiger partial charge in [-0.1, -0.05) is 31.5 Å². The summed E-state index contributed by atoms with van der Waals surface area (Å²) in [6, 6.07) is 0. The van der Waals surface area contributed by atoms with Crippen LogP contribution in [0.15, 0.2) is 11.1 Å². The maximum atomic E-state index is 13.8. The number of halogens is 11. The van der Waals surface area contributed by atoms with Crippen LogP contribution in [-0.4, -0.2) is 18.2 Å². The number of esters is 1. The van der Waals surface area contributed by atoms with E-state index in [0.29, 0.717) is 6.08 Å². The first-order chi connectivity index (χ1) is 13.4. The molecule has 168 valence electrons. The third kappa shape index (κ3) is 4.52. The Bertz CT molecular complexity index is 872. The minimum absolute atomic E-state index is 0.568. The molecule has 2 unspecified atom stereocenters. The zero-order valence-corrected chi connectivity index (χ0v) is 15.7. The molecule has 0 aromatic heterocycles. The van der Waals surface area contributed by atoms with Gasteiger partial charge in [-0.05, 0) is 0 Å². The van der Waals surface area contributed by atoms with Crippen molar-refractivity contribution in [3.05, 3.63) is 45.5 Å². The smallest absolute Gasteiger partial charge is 0.426 e. The molecule has 0 amide bonds. The second-order valence-corrected chi connectivity index (χ2v) is 7.46. The van der Waals surface area contributed by atoms with E-state index < -0.39 is 81.6 Å². The van der Waals surface area contributed by atoms with Gasteiger partial charge in [0.25, 0.3) is 0 Å². The Morgan fingerprint density at radius 2 is 1.47 bits per heavy atom. The predicted molar refractivity (Wildman–Crippen MR) is 82.1 cm³/mol. The Hall–Kier alpha value is -1.98. The lowest BCUT2D eigenvalue weighted by molar-refractivity contribution is -0.145. The van der Waals surface area contributed by atoms with Gasteiger partial charge in [0.1, 0.15) is 16.7 Å². The van der Waals surface area contributed by atoms with Crippen molar-refractivity contribution in [1.82, 2.24) is 0 Å². The molecule has 1 saturated carbocycles. The van der Waals surface area contributed by atoms with Gasteiger partial charge in [0.05, 0.1) is 6.42 Å². The van der Waals surface area contributed by atoms with Crippen LogP contribution in [0, 0.1) is 34.6 Å². The highest BCUT2D eigenvalue weighted by Gasteiger charge is 2.60. The van der Waals surface area contributed by atoms with Crippen LogP contribution in [0.25, 0.3) is 0 Å². The lowest BCUT2D eigenvalue weighted by atomic mass is 10.0. The van der Waals surface area contributed by atoms with Gasteiger partial charge < -0.3 is 4.74 Å². The van der Waals surface area contributed by atoms with Crippen LogP contribution < -0.4 is 0 Å². The zero-order chi connectivity index (χ0) is 23.4. The van der Waals surface area contributed by atoms with E-state index in [2.05, 4.69) is 0 Å². The molecule has 1 aromatic carbocycles. The normalized spacial score (nSPS) is 21.6. The fraction of sp³-hybridized carbons (Fsp3) is 0.471. The molecule has 1 aromatic rings. The quantitative estimate of drug-likeness (QED) is 0.303. The summed E-state index contributed by atoms with van der Waals surface area (Å²) in [7, 11) is 0. The molecule has 1 fully saturated rings. The fourth-order valence-corrected chi connectivity index (χ4v) is 2.95. The average molecular weight is 473 g/mol. The number of carbonyl (C=O) groups is 1. The summed E-state index contributed by atoms with van der Waals surface area (Å²) in [5.74, 6) is -12.9. The SMILES string of the molecule is CC1(C)C(C=C(Cl)C(F)(F)F)C1OC(=O)Cc1c(F)c(F)c(C(F)(F)F)c(F)c1F. The molecular formula is C17H11ClF10O2. The molecule has 0 N–H and O–H groups in total. The third-order valence-corrected chi connectivity index (χ3v) is 4.96. The third-order valence-electron chi connectivity index (χ3n) is 4.62. The van der Waals surface area contributed by atoms with Crippen LogP contribution in [0.1, 0.15) is 25.0 Å². The van der Waals surface area contributed by atoms with Gasteiger partial charge >= 0.3 is 18.3 Å². The molecule has 13 heteroatoms. The number of allylic oxidation sites excluding steroid dienone is 1. The van der Waals surface area contributed by atoms with Crippen molar-refractivity contribution in [2.75, 3.05) is 0 Å². The van der Waals surface area contributed by atoms with Crippen LogP contribution >= 0.6 is 11.6 Å². The van der Waals surface area contributed by atoms with E-state index in [1.165, 1.54) is 13.8 Å². The Morgan fingerprint density at radius 3 is 1.87 bits per heavy atom. The van der Waals surface area contributed by atoms with Crippen molar-refractivity contribution >= 4 is 17.6 Å². The first-order valence-electron chi connectivity index (χ1n) is 7.96. The van der Waals surface area contributed by atoms with E-state index in [1.54, 1.807) is 0 Å². The van der Waals surface area contributed by atoms with Gasteiger partial charge in [-0.25, -0.2) is 17.6 Å². The number of benzene rings is 1. The molecule has 2 nitrogen and oxygen atoms in total. The number of hydrogen-bond donors (Lipinski definition) is 0. The number of ether oxygens (including phenoxy) is 1. The first kappa shape index (κ1) is 24.3. The van der Waals surface area contributed by atoms with Crippen molar-refractivity contribution in [3.8, 4) is 0 Å². The zero-order valence-electron chi connectivity index (χ0n) is 14.9. The summed E-state index contributed by atoms with van der Waals surface area (Å²) < 4.78 is 135. The minimum Gasteiger partial charge on any atom is -0.461 e. The highest BCUT2D eigenvalue weighted by molar-refractivity contribution is 6.30. The van der Waals surface area contributed by atoms with Crippen LogP contribution in [0.2, 0.25) is 0 Å². The van der Waals surface area contributed by atoms with E-state index in [1.807, 2.05) is 0 Å². The topological polar surface area (TPSA) is 26.3 Å². The molecule has 0 heterocycles. The van der Waals surface area contributed by atoms with Crippen LogP contribution in [0.3, 0.4) is 0 Å². The van der Waals surface area contributed by atoms with Gasteiger partial charge in [-0.15, -0.1) is 0 Å². The Morgan fingerprint density at radius 1 is 1.00 bits per heavy atom. The summed E-state index contributed by atoms with van der Waals surface area (Å²) in [6.45, 7) is 2.76. The number of alkyl halides is 6. The van der Waals surface area contributed by atoms with Crippen molar-refractivity contribution in [2.45, 2.75) is 38.7 Å². The molecule has 2 atom stereocenters. The van der Waals surface area contributed by atoms with Crippen molar-refractivity contribution in [1.29, 1.82) is 0 Å². The molecule has 0 radical (unpaired) electrons. The highest BCUT2D eigenvalue weighted by atomic mass is 35.5. The molecular weight excluding hydrogens is 462 g/mol. The Kier molecular flexibility index (Phi) is 6.16. The molecule has 0 aliphatic heterocycles. The van der Waals surface area contributed by atoms with E-state index in [4.69, 9.17) is 16.3 Å². The van der Waals surface area contributed by atoms with E-state index in [-0.39, 0.29) is 0 Å². The van der Waals surface area contributed by atoms with Gasteiger partial charge in [-0.2, -0.15) is 26.3 Å². The Balaban J connectivity index is 2.24. The maximum absolute atomic E-state index is 13.8.